The van der Waals surface area contributed by atoms with E-state index in [2.05, 4.69) is 9.44 Å². The molecule has 0 aromatic heterocycles. The number of carbonyl (C=O) groups is 1. The third kappa shape index (κ3) is 4.41. The molecular formula is C17H15FN2O4S2. The zero-order valence-corrected chi connectivity index (χ0v) is 15.2. The van der Waals surface area contributed by atoms with Crippen LogP contribution in [0.15, 0.2) is 64.6 Å². The number of hydrogen-bond acceptors (Lipinski definition) is 6. The largest absolute Gasteiger partial charge is 0.358 e. The van der Waals surface area contributed by atoms with Gasteiger partial charge in [-0.1, -0.05) is 47.2 Å². The fourth-order valence-electron chi connectivity index (χ4n) is 2.30. The van der Waals surface area contributed by atoms with Gasteiger partial charge in [-0.3, -0.25) is 9.08 Å². The van der Waals surface area contributed by atoms with Gasteiger partial charge in [-0.25, -0.2) is 4.39 Å². The number of halogens is 1. The highest BCUT2D eigenvalue weighted by atomic mass is 32.2. The minimum atomic E-state index is -4.21. The second-order valence-corrected chi connectivity index (χ2v) is 8.05. The molecule has 1 amide bonds. The van der Waals surface area contributed by atoms with E-state index in [9.17, 15) is 17.6 Å². The van der Waals surface area contributed by atoms with Crippen LogP contribution in [0.4, 0.5) is 4.39 Å². The Labute approximate surface area is 154 Å². The first-order valence-electron chi connectivity index (χ1n) is 7.69. The molecule has 0 unspecified atom stereocenters. The summed E-state index contributed by atoms with van der Waals surface area (Å²) in [5.74, 6) is -0.374. The van der Waals surface area contributed by atoms with Gasteiger partial charge in [-0.15, -0.1) is 0 Å². The molecule has 1 aliphatic rings. The highest BCUT2D eigenvalue weighted by molar-refractivity contribution is 8.15. The molecule has 0 bridgehead atoms. The maximum atomic E-state index is 12.9. The lowest BCUT2D eigenvalue weighted by molar-refractivity contribution is -0.124. The van der Waals surface area contributed by atoms with Crippen molar-refractivity contribution in [3.63, 3.8) is 0 Å². The fourth-order valence-corrected chi connectivity index (χ4v) is 3.92. The SMILES string of the molecule is O=C1/C(=N\OS(=O)(=O)c2ccc(F)cc2)SCCN1Cc1ccccc1. The summed E-state index contributed by atoms with van der Waals surface area (Å²) in [6.07, 6.45) is 0. The Morgan fingerprint density at radius 1 is 1.12 bits per heavy atom. The molecule has 2 aromatic carbocycles. The van der Waals surface area contributed by atoms with Crippen LogP contribution in [0.3, 0.4) is 0 Å². The summed E-state index contributed by atoms with van der Waals surface area (Å²) in [7, 11) is -4.21. The van der Waals surface area contributed by atoms with Crippen molar-refractivity contribution in [3.05, 3.63) is 66.0 Å². The third-order valence-electron chi connectivity index (χ3n) is 3.61. The van der Waals surface area contributed by atoms with E-state index in [1.54, 1.807) is 4.90 Å². The van der Waals surface area contributed by atoms with Crippen LogP contribution >= 0.6 is 11.8 Å². The summed E-state index contributed by atoms with van der Waals surface area (Å²) in [6, 6.07) is 13.6. The molecule has 2 aromatic rings. The molecule has 0 N–H and O–H groups in total. The van der Waals surface area contributed by atoms with Gasteiger partial charge in [-0.05, 0) is 29.8 Å². The van der Waals surface area contributed by atoms with Crippen molar-refractivity contribution in [2.24, 2.45) is 5.16 Å². The highest BCUT2D eigenvalue weighted by Crippen LogP contribution is 2.19. The van der Waals surface area contributed by atoms with Crippen LogP contribution < -0.4 is 0 Å². The summed E-state index contributed by atoms with van der Waals surface area (Å²) in [5.41, 5.74) is 0.965. The van der Waals surface area contributed by atoms with Gasteiger partial charge in [0.05, 0.1) is 0 Å². The quantitative estimate of drug-likeness (QED) is 0.729. The lowest BCUT2D eigenvalue weighted by Crippen LogP contribution is -2.40. The van der Waals surface area contributed by atoms with Gasteiger partial charge >= 0.3 is 10.1 Å². The van der Waals surface area contributed by atoms with E-state index in [4.69, 9.17) is 0 Å². The maximum Gasteiger partial charge on any atom is 0.358 e. The van der Waals surface area contributed by atoms with E-state index in [0.29, 0.717) is 18.8 Å². The number of rotatable bonds is 5. The average Bonchev–Trinajstić information content (AvgIpc) is 2.64. The van der Waals surface area contributed by atoms with Crippen molar-refractivity contribution in [3.8, 4) is 0 Å². The number of hydrogen-bond donors (Lipinski definition) is 0. The summed E-state index contributed by atoms with van der Waals surface area (Å²) in [5, 5.41) is 3.50. The molecule has 0 atom stereocenters. The summed E-state index contributed by atoms with van der Waals surface area (Å²) < 4.78 is 41.7. The lowest BCUT2D eigenvalue weighted by Gasteiger charge is -2.26. The average molecular weight is 394 g/mol. The number of amides is 1. The van der Waals surface area contributed by atoms with Crippen molar-refractivity contribution >= 4 is 32.8 Å². The predicted molar refractivity (Wildman–Crippen MR) is 96.4 cm³/mol. The van der Waals surface area contributed by atoms with Crippen LogP contribution in [0.25, 0.3) is 0 Å². The topological polar surface area (TPSA) is 76.0 Å². The van der Waals surface area contributed by atoms with Gasteiger partial charge in [0.1, 0.15) is 10.7 Å². The zero-order valence-electron chi connectivity index (χ0n) is 13.5. The van der Waals surface area contributed by atoms with E-state index in [-0.39, 0.29) is 15.8 Å². The Hall–Kier alpha value is -2.39. The first-order valence-corrected chi connectivity index (χ1v) is 10.1. The molecule has 0 radical (unpaired) electrons. The van der Waals surface area contributed by atoms with Gasteiger partial charge in [0.15, 0.2) is 0 Å². The molecule has 9 heteroatoms. The van der Waals surface area contributed by atoms with Gasteiger partial charge in [0.25, 0.3) is 5.91 Å². The number of oxime groups is 1. The third-order valence-corrected chi connectivity index (χ3v) is 5.64. The molecule has 0 spiro atoms. The van der Waals surface area contributed by atoms with Crippen molar-refractivity contribution in [2.75, 3.05) is 12.3 Å². The lowest BCUT2D eigenvalue weighted by atomic mass is 10.2. The first-order chi connectivity index (χ1) is 12.5. The smallest absolute Gasteiger partial charge is 0.332 e. The Balaban J connectivity index is 1.71. The van der Waals surface area contributed by atoms with Crippen LogP contribution in [-0.4, -0.2) is 36.6 Å². The van der Waals surface area contributed by atoms with E-state index in [1.807, 2.05) is 30.3 Å². The van der Waals surface area contributed by atoms with Gasteiger partial charge in [0, 0.05) is 18.8 Å². The zero-order chi connectivity index (χ0) is 18.6. The molecule has 1 fully saturated rings. The number of nitrogens with zero attached hydrogens (tertiary/aromatic N) is 2. The molecule has 1 heterocycles. The summed E-state index contributed by atoms with van der Waals surface area (Å²) in [6.45, 7) is 0.937. The molecule has 1 saturated heterocycles. The van der Waals surface area contributed by atoms with Gasteiger partial charge in [-0.2, -0.15) is 8.42 Å². The van der Waals surface area contributed by atoms with Gasteiger partial charge in [0.2, 0.25) is 5.04 Å². The van der Waals surface area contributed by atoms with Crippen molar-refractivity contribution in [1.29, 1.82) is 0 Å². The number of carbonyl (C=O) groups excluding carboxylic acids is 1. The molecular weight excluding hydrogens is 379 g/mol. The van der Waals surface area contributed by atoms with Crippen LogP contribution in [0.5, 0.6) is 0 Å². The molecule has 0 aliphatic carbocycles. The standard InChI is InChI=1S/C17H15FN2O4S2/c18-14-6-8-15(9-7-14)26(22,23)24-19-16-17(21)20(10-11-25-16)12-13-4-2-1-3-5-13/h1-9H,10-12H2/b19-16+. The molecule has 26 heavy (non-hydrogen) atoms. The van der Waals surface area contributed by atoms with Crippen molar-refractivity contribution < 1.29 is 21.9 Å². The van der Waals surface area contributed by atoms with Crippen LogP contribution in [-0.2, 0) is 25.7 Å². The second kappa shape index (κ2) is 7.88. The summed E-state index contributed by atoms with van der Waals surface area (Å²) >= 11 is 1.13. The molecule has 136 valence electrons. The van der Waals surface area contributed by atoms with Crippen molar-refractivity contribution in [2.45, 2.75) is 11.4 Å². The first kappa shape index (κ1) is 18.4. The monoisotopic (exact) mass is 394 g/mol. The van der Waals surface area contributed by atoms with Gasteiger partial charge < -0.3 is 4.90 Å². The Kier molecular flexibility index (Phi) is 5.58. The number of thioether (sulfide) groups is 1. The Bertz CT molecular complexity index is 916. The minimum Gasteiger partial charge on any atom is -0.332 e. The molecule has 6 nitrogen and oxygen atoms in total. The van der Waals surface area contributed by atoms with Crippen molar-refractivity contribution in [1.82, 2.24) is 4.90 Å². The van der Waals surface area contributed by atoms with Crippen LogP contribution in [0.1, 0.15) is 5.56 Å². The summed E-state index contributed by atoms with van der Waals surface area (Å²) in [4.78, 5) is 13.8. The fraction of sp³-hybridized carbons (Fsp3) is 0.176. The molecule has 3 rings (SSSR count). The predicted octanol–water partition coefficient (Wildman–Crippen LogP) is 2.62. The minimum absolute atomic E-state index is 0.0298. The van der Waals surface area contributed by atoms with Crippen LogP contribution in [0.2, 0.25) is 0 Å². The molecule has 0 saturated carbocycles. The molecule has 1 aliphatic heterocycles. The van der Waals surface area contributed by atoms with Crippen LogP contribution in [0, 0.1) is 5.82 Å². The van der Waals surface area contributed by atoms with E-state index < -0.39 is 15.9 Å². The Morgan fingerprint density at radius 2 is 1.81 bits per heavy atom. The van der Waals surface area contributed by atoms with E-state index in [0.717, 1.165) is 41.6 Å². The van der Waals surface area contributed by atoms with E-state index in [1.165, 1.54) is 0 Å². The normalized spacial score (nSPS) is 16.7. The maximum absolute atomic E-state index is 12.9. The number of benzene rings is 2. The van der Waals surface area contributed by atoms with E-state index >= 15 is 0 Å². The highest BCUT2D eigenvalue weighted by Gasteiger charge is 2.27. The Morgan fingerprint density at radius 3 is 2.50 bits per heavy atom. The second-order valence-electron chi connectivity index (χ2n) is 5.44.